The Morgan fingerprint density at radius 3 is 2.34 bits per heavy atom. The van der Waals surface area contributed by atoms with Gasteiger partial charge in [-0.25, -0.2) is 9.18 Å². The molecule has 2 aromatic rings. The number of benzene rings is 2. The fourth-order valence-electron chi connectivity index (χ4n) is 3.59. The van der Waals surface area contributed by atoms with Crippen molar-refractivity contribution in [3.63, 3.8) is 0 Å². The predicted molar refractivity (Wildman–Crippen MR) is 109 cm³/mol. The van der Waals surface area contributed by atoms with Gasteiger partial charge in [0.15, 0.2) is 0 Å². The smallest absolute Gasteiger partial charge is 0.336 e. The highest BCUT2D eigenvalue weighted by atomic mass is 19.1. The molecule has 1 aliphatic heterocycles. The number of allylic oxidation sites excluding steroid dienone is 1. The van der Waals surface area contributed by atoms with Gasteiger partial charge in [-0.1, -0.05) is 48.5 Å². The molecule has 4 nitrogen and oxygen atoms in total. The Morgan fingerprint density at radius 1 is 1.10 bits per heavy atom. The van der Waals surface area contributed by atoms with E-state index in [1.54, 1.807) is 50.8 Å². The monoisotopic (exact) mass is 395 g/mol. The highest BCUT2D eigenvalue weighted by molar-refractivity contribution is 5.96. The Hall–Kier alpha value is -2.95. The van der Waals surface area contributed by atoms with E-state index in [1.165, 1.54) is 6.07 Å². The van der Waals surface area contributed by atoms with Crippen molar-refractivity contribution in [1.82, 2.24) is 4.90 Å². The van der Waals surface area contributed by atoms with E-state index in [2.05, 4.69) is 0 Å². The Morgan fingerprint density at radius 2 is 1.72 bits per heavy atom. The van der Waals surface area contributed by atoms with Crippen LogP contribution < -0.4 is 0 Å². The minimum atomic E-state index is -0.699. The first-order valence-corrected chi connectivity index (χ1v) is 9.70. The molecule has 0 radical (unpaired) electrons. The number of carbonyl (C=O) groups is 2. The number of rotatable bonds is 4. The summed E-state index contributed by atoms with van der Waals surface area (Å²) in [6.07, 6.45) is 0.0136. The quantitative estimate of drug-likeness (QED) is 0.688. The van der Waals surface area contributed by atoms with Crippen molar-refractivity contribution in [3.05, 3.63) is 82.8 Å². The first-order chi connectivity index (χ1) is 13.7. The molecule has 0 saturated heterocycles. The van der Waals surface area contributed by atoms with Crippen LogP contribution in [0.2, 0.25) is 0 Å². The summed E-state index contributed by atoms with van der Waals surface area (Å²) in [4.78, 5) is 27.6. The van der Waals surface area contributed by atoms with Crippen LogP contribution in [-0.2, 0) is 20.9 Å². The third kappa shape index (κ3) is 4.73. The van der Waals surface area contributed by atoms with Crippen LogP contribution in [0.5, 0.6) is 0 Å². The predicted octanol–water partition coefficient (Wildman–Crippen LogP) is 4.96. The minimum absolute atomic E-state index is 0.0136. The third-order valence-corrected chi connectivity index (χ3v) is 4.91. The zero-order chi connectivity index (χ0) is 21.2. The second-order valence-corrected chi connectivity index (χ2v) is 8.24. The van der Waals surface area contributed by atoms with E-state index in [0.717, 1.165) is 5.56 Å². The number of hydrogen-bond donors (Lipinski definition) is 0. The highest BCUT2D eigenvalue weighted by Gasteiger charge is 2.39. The lowest BCUT2D eigenvalue weighted by atomic mass is 9.83. The van der Waals surface area contributed by atoms with Gasteiger partial charge in [0.25, 0.3) is 0 Å². The Bertz CT molecular complexity index is 944. The van der Waals surface area contributed by atoms with Gasteiger partial charge < -0.3 is 9.64 Å². The maximum atomic E-state index is 14.5. The summed E-state index contributed by atoms with van der Waals surface area (Å²) in [5, 5.41) is 0. The number of nitrogens with zero attached hydrogens (tertiary/aromatic N) is 1. The number of esters is 1. The third-order valence-electron chi connectivity index (χ3n) is 4.91. The SMILES string of the molecule is CC1=C(C(=O)OC(C)(C)C)C(c2ccccc2F)CC(=O)N1Cc1ccccc1. The van der Waals surface area contributed by atoms with Crippen LogP contribution in [0.4, 0.5) is 4.39 Å². The molecule has 0 aromatic heterocycles. The number of halogens is 1. The molecule has 29 heavy (non-hydrogen) atoms. The van der Waals surface area contributed by atoms with Gasteiger partial charge in [-0.05, 0) is 44.9 Å². The van der Waals surface area contributed by atoms with Crippen LogP contribution in [0.25, 0.3) is 0 Å². The summed E-state index contributed by atoms with van der Waals surface area (Å²) in [5.41, 5.74) is 1.43. The molecule has 0 fully saturated rings. The molecule has 1 unspecified atom stereocenters. The number of ether oxygens (including phenoxy) is 1. The first-order valence-electron chi connectivity index (χ1n) is 9.70. The van der Waals surface area contributed by atoms with E-state index >= 15 is 0 Å². The van der Waals surface area contributed by atoms with Gasteiger partial charge in [0.1, 0.15) is 11.4 Å². The largest absolute Gasteiger partial charge is 0.457 e. The minimum Gasteiger partial charge on any atom is -0.457 e. The lowest BCUT2D eigenvalue weighted by molar-refractivity contribution is -0.150. The molecule has 1 heterocycles. The lowest BCUT2D eigenvalue weighted by Gasteiger charge is -2.35. The lowest BCUT2D eigenvalue weighted by Crippen LogP contribution is -2.39. The topological polar surface area (TPSA) is 46.6 Å². The average molecular weight is 395 g/mol. The molecule has 2 aromatic carbocycles. The van der Waals surface area contributed by atoms with Gasteiger partial charge in [-0.2, -0.15) is 0 Å². The summed E-state index contributed by atoms with van der Waals surface area (Å²) >= 11 is 0. The normalized spacial score (nSPS) is 17.5. The van der Waals surface area contributed by atoms with E-state index in [0.29, 0.717) is 23.4 Å². The number of amides is 1. The van der Waals surface area contributed by atoms with Crippen molar-refractivity contribution in [2.75, 3.05) is 0 Å². The van der Waals surface area contributed by atoms with Gasteiger partial charge >= 0.3 is 5.97 Å². The van der Waals surface area contributed by atoms with E-state index in [1.807, 2.05) is 30.3 Å². The number of hydrogen-bond acceptors (Lipinski definition) is 3. The summed E-state index contributed by atoms with van der Waals surface area (Å²) in [6.45, 7) is 7.44. The molecule has 0 aliphatic carbocycles. The second kappa shape index (κ2) is 8.19. The van der Waals surface area contributed by atoms with Crippen LogP contribution in [0.15, 0.2) is 65.9 Å². The van der Waals surface area contributed by atoms with E-state index in [4.69, 9.17) is 4.74 Å². The fourth-order valence-corrected chi connectivity index (χ4v) is 3.59. The molecule has 1 aliphatic rings. The number of carbonyl (C=O) groups excluding carboxylic acids is 2. The van der Waals surface area contributed by atoms with E-state index in [-0.39, 0.29) is 12.3 Å². The molecule has 0 spiro atoms. The molecule has 5 heteroatoms. The summed E-state index contributed by atoms with van der Waals surface area (Å²) in [6, 6.07) is 15.8. The molecule has 0 saturated carbocycles. The highest BCUT2D eigenvalue weighted by Crippen LogP contribution is 2.39. The molecule has 152 valence electrons. The summed E-state index contributed by atoms with van der Waals surface area (Å²) in [7, 11) is 0. The first kappa shape index (κ1) is 20.8. The molecular weight excluding hydrogens is 369 g/mol. The maximum absolute atomic E-state index is 14.5. The van der Waals surface area contributed by atoms with Crippen molar-refractivity contribution in [3.8, 4) is 0 Å². The van der Waals surface area contributed by atoms with Crippen LogP contribution in [-0.4, -0.2) is 22.4 Å². The van der Waals surface area contributed by atoms with Crippen molar-refractivity contribution in [1.29, 1.82) is 0 Å². The van der Waals surface area contributed by atoms with Crippen LogP contribution in [0.3, 0.4) is 0 Å². The molecule has 3 rings (SSSR count). The standard InChI is InChI=1S/C24H26FNO3/c1-16-22(23(28)29-24(2,3)4)19(18-12-8-9-13-20(18)25)14-21(27)26(16)15-17-10-6-5-7-11-17/h5-13,19H,14-15H2,1-4H3. The molecule has 1 amide bonds. The van der Waals surface area contributed by atoms with Crippen molar-refractivity contribution in [2.24, 2.45) is 0 Å². The van der Waals surface area contributed by atoms with E-state index in [9.17, 15) is 14.0 Å². The molecule has 0 bridgehead atoms. The Labute approximate surface area is 171 Å². The summed E-state index contributed by atoms with van der Waals surface area (Å²) in [5.74, 6) is -1.78. The van der Waals surface area contributed by atoms with Gasteiger partial charge in [0.2, 0.25) is 5.91 Å². The summed E-state index contributed by atoms with van der Waals surface area (Å²) < 4.78 is 20.2. The second-order valence-electron chi connectivity index (χ2n) is 8.24. The molecule has 0 N–H and O–H groups in total. The maximum Gasteiger partial charge on any atom is 0.336 e. The van der Waals surface area contributed by atoms with Crippen LogP contribution >= 0.6 is 0 Å². The fraction of sp³-hybridized carbons (Fsp3) is 0.333. The Balaban J connectivity index is 2.07. The molecular formula is C24H26FNO3. The average Bonchev–Trinajstić information content (AvgIpc) is 2.64. The zero-order valence-electron chi connectivity index (χ0n) is 17.2. The van der Waals surface area contributed by atoms with Crippen molar-refractivity contribution in [2.45, 2.75) is 52.2 Å². The molecule has 1 atom stereocenters. The van der Waals surface area contributed by atoms with Gasteiger partial charge in [-0.15, -0.1) is 0 Å². The van der Waals surface area contributed by atoms with Gasteiger partial charge in [0, 0.05) is 18.0 Å². The van der Waals surface area contributed by atoms with Gasteiger partial charge in [0.05, 0.1) is 12.1 Å². The van der Waals surface area contributed by atoms with E-state index < -0.39 is 23.3 Å². The van der Waals surface area contributed by atoms with Crippen molar-refractivity contribution < 1.29 is 18.7 Å². The van der Waals surface area contributed by atoms with Crippen LogP contribution in [0, 0.1) is 5.82 Å². The van der Waals surface area contributed by atoms with Crippen LogP contribution in [0.1, 0.15) is 51.2 Å². The van der Waals surface area contributed by atoms with Crippen molar-refractivity contribution >= 4 is 11.9 Å². The van der Waals surface area contributed by atoms with Gasteiger partial charge in [-0.3, -0.25) is 4.79 Å². The Kier molecular flexibility index (Phi) is 5.87. The zero-order valence-corrected chi connectivity index (χ0v) is 17.2.